The number of anilines is 1. The van der Waals surface area contributed by atoms with Gasteiger partial charge in [0.25, 0.3) is 0 Å². The molecule has 1 rings (SSSR count). The first-order valence-electron chi connectivity index (χ1n) is 2.69. The van der Waals surface area contributed by atoms with Gasteiger partial charge in [-0.3, -0.25) is 0 Å². The lowest BCUT2D eigenvalue weighted by Crippen LogP contribution is -1.89. The highest BCUT2D eigenvalue weighted by Crippen LogP contribution is 2.13. The first kappa shape index (κ1) is 7.35. The molecule has 0 aliphatic heterocycles. The normalized spacial score (nSPS) is 8.80. The van der Waals surface area contributed by atoms with Crippen LogP contribution in [0.15, 0.2) is 18.2 Å². The van der Waals surface area contributed by atoms with Crippen molar-refractivity contribution >= 4 is 28.3 Å². The molecule has 10 heavy (non-hydrogen) atoms. The highest BCUT2D eigenvalue weighted by atomic mass is 127. The van der Waals surface area contributed by atoms with Crippen molar-refractivity contribution in [3.8, 4) is 6.07 Å². The van der Waals surface area contributed by atoms with Crippen LogP contribution in [0.4, 0.5) is 5.69 Å². The topological polar surface area (TPSA) is 49.8 Å². The zero-order chi connectivity index (χ0) is 7.56. The van der Waals surface area contributed by atoms with Crippen molar-refractivity contribution in [2.75, 3.05) is 5.73 Å². The molecule has 0 aliphatic carbocycles. The van der Waals surface area contributed by atoms with E-state index in [2.05, 4.69) is 22.6 Å². The second-order valence-corrected chi connectivity index (χ2v) is 3.09. The zero-order valence-corrected chi connectivity index (χ0v) is 7.29. The van der Waals surface area contributed by atoms with E-state index in [9.17, 15) is 0 Å². The van der Waals surface area contributed by atoms with Crippen LogP contribution in [0.1, 0.15) is 5.56 Å². The van der Waals surface area contributed by atoms with Gasteiger partial charge >= 0.3 is 0 Å². The van der Waals surface area contributed by atoms with E-state index in [1.807, 2.05) is 12.1 Å². The van der Waals surface area contributed by atoms with E-state index in [-0.39, 0.29) is 0 Å². The second-order valence-electron chi connectivity index (χ2n) is 1.84. The summed E-state index contributed by atoms with van der Waals surface area (Å²) in [6, 6.07) is 7.35. The van der Waals surface area contributed by atoms with Crippen molar-refractivity contribution in [2.45, 2.75) is 0 Å². The highest BCUT2D eigenvalue weighted by Gasteiger charge is 1.95. The molecule has 0 spiro atoms. The number of nitriles is 1. The summed E-state index contributed by atoms with van der Waals surface area (Å²) in [5.41, 5.74) is 6.60. The van der Waals surface area contributed by atoms with Gasteiger partial charge in [-0.05, 0) is 40.8 Å². The van der Waals surface area contributed by atoms with Gasteiger partial charge < -0.3 is 5.73 Å². The summed E-state index contributed by atoms with van der Waals surface area (Å²) in [7, 11) is 0. The summed E-state index contributed by atoms with van der Waals surface area (Å²) in [5.74, 6) is 0. The minimum absolute atomic E-state index is 0.542. The van der Waals surface area contributed by atoms with Crippen LogP contribution in [0.25, 0.3) is 0 Å². The molecule has 0 fully saturated rings. The summed E-state index contributed by atoms with van der Waals surface area (Å²) < 4.78 is 1.05. The van der Waals surface area contributed by atoms with Gasteiger partial charge in [-0.15, -0.1) is 0 Å². The lowest BCUT2D eigenvalue weighted by Gasteiger charge is -1.95. The molecule has 0 amide bonds. The standard InChI is InChI=1S/C7H5IN2/c8-6-2-1-5(4-9)7(10)3-6/h1-3H,10H2. The first-order valence-corrected chi connectivity index (χ1v) is 3.77. The van der Waals surface area contributed by atoms with Crippen LogP contribution < -0.4 is 5.73 Å². The van der Waals surface area contributed by atoms with Gasteiger partial charge in [-0.2, -0.15) is 5.26 Å². The van der Waals surface area contributed by atoms with E-state index >= 15 is 0 Å². The number of nitrogens with zero attached hydrogens (tertiary/aromatic N) is 1. The molecule has 0 saturated heterocycles. The number of nitrogen functional groups attached to an aromatic ring is 1. The van der Waals surface area contributed by atoms with Gasteiger partial charge in [0.2, 0.25) is 0 Å². The van der Waals surface area contributed by atoms with Crippen LogP contribution >= 0.6 is 22.6 Å². The summed E-state index contributed by atoms with van der Waals surface area (Å²) in [5, 5.41) is 8.48. The molecule has 2 N–H and O–H groups in total. The Bertz CT molecular complexity index is 288. The fourth-order valence-corrected chi connectivity index (χ4v) is 1.15. The van der Waals surface area contributed by atoms with E-state index in [0.717, 1.165) is 3.57 Å². The fraction of sp³-hybridized carbons (Fsp3) is 0. The number of hydrogen-bond acceptors (Lipinski definition) is 2. The molecule has 0 aromatic heterocycles. The average molecular weight is 244 g/mol. The fourth-order valence-electron chi connectivity index (χ4n) is 0.635. The molecular formula is C7H5IN2. The predicted molar refractivity (Wildman–Crippen MR) is 48.3 cm³/mol. The third-order valence-electron chi connectivity index (χ3n) is 1.13. The van der Waals surface area contributed by atoms with Crippen LogP contribution in [0, 0.1) is 14.9 Å². The lowest BCUT2D eigenvalue weighted by atomic mass is 10.2. The highest BCUT2D eigenvalue weighted by molar-refractivity contribution is 14.1. The molecule has 50 valence electrons. The quantitative estimate of drug-likeness (QED) is 0.558. The molecule has 1 aromatic rings. The van der Waals surface area contributed by atoms with E-state index in [0.29, 0.717) is 11.3 Å². The molecule has 0 heterocycles. The summed E-state index contributed by atoms with van der Waals surface area (Å²) >= 11 is 2.15. The van der Waals surface area contributed by atoms with Gasteiger partial charge in [0.1, 0.15) is 6.07 Å². The molecule has 0 aliphatic rings. The molecular weight excluding hydrogens is 239 g/mol. The molecule has 0 radical (unpaired) electrons. The van der Waals surface area contributed by atoms with Crippen molar-refractivity contribution in [1.82, 2.24) is 0 Å². The maximum absolute atomic E-state index is 8.48. The van der Waals surface area contributed by atoms with E-state index in [4.69, 9.17) is 11.0 Å². The molecule has 0 saturated carbocycles. The lowest BCUT2D eigenvalue weighted by molar-refractivity contribution is 1.48. The Balaban J connectivity index is 3.23. The molecule has 2 nitrogen and oxygen atoms in total. The van der Waals surface area contributed by atoms with Gasteiger partial charge in [-0.25, -0.2) is 0 Å². The smallest absolute Gasteiger partial charge is 0.101 e. The molecule has 0 atom stereocenters. The van der Waals surface area contributed by atoms with E-state index in [1.54, 1.807) is 12.1 Å². The molecule has 1 aromatic carbocycles. The molecule has 3 heteroatoms. The second kappa shape index (κ2) is 2.88. The Morgan fingerprint density at radius 1 is 1.50 bits per heavy atom. The number of benzene rings is 1. The van der Waals surface area contributed by atoms with Crippen molar-refractivity contribution in [1.29, 1.82) is 5.26 Å². The number of halogens is 1. The van der Waals surface area contributed by atoms with Gasteiger partial charge in [0, 0.05) is 3.57 Å². The largest absolute Gasteiger partial charge is 0.398 e. The summed E-state index contributed by atoms with van der Waals surface area (Å²) in [4.78, 5) is 0. The average Bonchev–Trinajstić information content (AvgIpc) is 1.88. The van der Waals surface area contributed by atoms with Crippen molar-refractivity contribution in [3.05, 3.63) is 27.3 Å². The van der Waals surface area contributed by atoms with E-state index < -0.39 is 0 Å². The third kappa shape index (κ3) is 1.39. The van der Waals surface area contributed by atoms with Crippen LogP contribution in [0.5, 0.6) is 0 Å². The van der Waals surface area contributed by atoms with Crippen LogP contribution in [0.2, 0.25) is 0 Å². The first-order chi connectivity index (χ1) is 4.74. The third-order valence-corrected chi connectivity index (χ3v) is 1.81. The predicted octanol–water partition coefficient (Wildman–Crippen LogP) is 1.75. The van der Waals surface area contributed by atoms with E-state index in [1.165, 1.54) is 0 Å². The summed E-state index contributed by atoms with van der Waals surface area (Å²) in [6.07, 6.45) is 0. The number of rotatable bonds is 0. The molecule has 0 unspecified atom stereocenters. The van der Waals surface area contributed by atoms with Crippen molar-refractivity contribution in [2.24, 2.45) is 0 Å². The SMILES string of the molecule is N#Cc1ccc(I)cc1N. The van der Waals surface area contributed by atoms with Crippen LogP contribution in [0.3, 0.4) is 0 Å². The Kier molecular flexibility index (Phi) is 2.12. The minimum atomic E-state index is 0.542. The maximum atomic E-state index is 8.48. The maximum Gasteiger partial charge on any atom is 0.101 e. The Morgan fingerprint density at radius 3 is 2.70 bits per heavy atom. The number of nitrogens with two attached hydrogens (primary N) is 1. The van der Waals surface area contributed by atoms with Crippen LogP contribution in [-0.2, 0) is 0 Å². The van der Waals surface area contributed by atoms with Gasteiger partial charge in [0.15, 0.2) is 0 Å². The number of hydrogen-bond donors (Lipinski definition) is 1. The van der Waals surface area contributed by atoms with Gasteiger partial charge in [-0.1, -0.05) is 0 Å². The Labute approximate surface area is 72.8 Å². The van der Waals surface area contributed by atoms with Crippen molar-refractivity contribution in [3.63, 3.8) is 0 Å². The molecule has 0 bridgehead atoms. The van der Waals surface area contributed by atoms with Crippen LogP contribution in [-0.4, -0.2) is 0 Å². The minimum Gasteiger partial charge on any atom is -0.398 e. The van der Waals surface area contributed by atoms with Gasteiger partial charge in [0.05, 0.1) is 11.3 Å². The summed E-state index contributed by atoms with van der Waals surface area (Å²) in [6.45, 7) is 0. The zero-order valence-electron chi connectivity index (χ0n) is 5.13. The monoisotopic (exact) mass is 244 g/mol. The Morgan fingerprint density at radius 2 is 2.20 bits per heavy atom. The van der Waals surface area contributed by atoms with Crippen molar-refractivity contribution < 1.29 is 0 Å². The Hall–Kier alpha value is -0.760.